The summed E-state index contributed by atoms with van der Waals surface area (Å²) >= 11 is 7.99. The maximum Gasteiger partial charge on any atom is 0.266 e. The van der Waals surface area contributed by atoms with Crippen LogP contribution in [0.15, 0.2) is 46.7 Å². The third-order valence-electron chi connectivity index (χ3n) is 3.37. The van der Waals surface area contributed by atoms with Crippen molar-refractivity contribution < 1.29 is 14.3 Å². The molecule has 128 valence electrons. The number of thioether (sulfide) groups is 1. The first-order valence-electron chi connectivity index (χ1n) is 7.29. The number of amides is 2. The summed E-state index contributed by atoms with van der Waals surface area (Å²) in [7, 11) is 1.58. The Morgan fingerprint density at radius 3 is 2.72 bits per heavy atom. The highest BCUT2D eigenvalue weighted by molar-refractivity contribution is 8.26. The fourth-order valence-electron chi connectivity index (χ4n) is 2.16. The van der Waals surface area contributed by atoms with E-state index in [1.807, 2.05) is 17.5 Å². The molecule has 0 radical (unpaired) electrons. The van der Waals surface area contributed by atoms with Crippen LogP contribution in [0.25, 0.3) is 6.08 Å². The Labute approximate surface area is 158 Å². The van der Waals surface area contributed by atoms with Gasteiger partial charge in [-0.3, -0.25) is 14.5 Å². The Bertz CT molecular complexity index is 829. The maximum atomic E-state index is 12.5. The van der Waals surface area contributed by atoms with Crippen molar-refractivity contribution in [1.29, 1.82) is 0 Å². The summed E-state index contributed by atoms with van der Waals surface area (Å²) < 4.78 is 5.46. The second kappa shape index (κ2) is 7.81. The van der Waals surface area contributed by atoms with Crippen LogP contribution < -0.4 is 10.1 Å². The molecule has 1 aliphatic rings. The van der Waals surface area contributed by atoms with Crippen LogP contribution in [0.5, 0.6) is 5.75 Å². The van der Waals surface area contributed by atoms with E-state index in [1.54, 1.807) is 37.5 Å². The van der Waals surface area contributed by atoms with Gasteiger partial charge < -0.3 is 10.1 Å². The van der Waals surface area contributed by atoms with Crippen LogP contribution in [0.4, 0.5) is 5.69 Å². The molecule has 2 heterocycles. The lowest BCUT2D eigenvalue weighted by Gasteiger charge is -2.14. The lowest BCUT2D eigenvalue weighted by molar-refractivity contribution is -0.126. The van der Waals surface area contributed by atoms with Crippen LogP contribution in [0.1, 0.15) is 4.88 Å². The molecule has 0 atom stereocenters. The van der Waals surface area contributed by atoms with Gasteiger partial charge in [0.25, 0.3) is 5.91 Å². The fraction of sp³-hybridized carbons (Fsp3) is 0.118. The van der Waals surface area contributed by atoms with E-state index in [-0.39, 0.29) is 18.4 Å². The molecule has 1 aromatic heterocycles. The van der Waals surface area contributed by atoms with Crippen molar-refractivity contribution in [2.45, 2.75) is 0 Å². The number of thiocarbonyl (C=S) groups is 1. The third kappa shape index (κ3) is 4.28. The molecule has 0 aliphatic carbocycles. The van der Waals surface area contributed by atoms with Crippen molar-refractivity contribution >= 4 is 63.2 Å². The number of hydrogen-bond acceptors (Lipinski definition) is 6. The zero-order chi connectivity index (χ0) is 17.8. The van der Waals surface area contributed by atoms with E-state index in [0.717, 1.165) is 4.88 Å². The molecule has 0 spiro atoms. The van der Waals surface area contributed by atoms with Crippen LogP contribution in [-0.4, -0.2) is 34.7 Å². The predicted molar refractivity (Wildman–Crippen MR) is 106 cm³/mol. The molecule has 0 unspecified atom stereocenters. The highest BCUT2D eigenvalue weighted by Crippen LogP contribution is 2.33. The van der Waals surface area contributed by atoms with Crippen LogP contribution in [0, 0.1) is 0 Å². The smallest absolute Gasteiger partial charge is 0.266 e. The summed E-state index contributed by atoms with van der Waals surface area (Å²) in [6.45, 7) is -0.113. The van der Waals surface area contributed by atoms with E-state index in [9.17, 15) is 9.59 Å². The van der Waals surface area contributed by atoms with E-state index in [2.05, 4.69) is 5.32 Å². The first kappa shape index (κ1) is 17.7. The fourth-order valence-corrected chi connectivity index (χ4v) is 4.14. The molecule has 0 saturated carbocycles. The molecule has 2 aromatic rings. The van der Waals surface area contributed by atoms with E-state index in [1.165, 1.54) is 28.0 Å². The quantitative estimate of drug-likeness (QED) is 0.624. The number of benzene rings is 1. The van der Waals surface area contributed by atoms with Crippen LogP contribution >= 0.6 is 35.3 Å². The van der Waals surface area contributed by atoms with Crippen molar-refractivity contribution in [1.82, 2.24) is 4.90 Å². The molecule has 2 amide bonds. The number of carbonyl (C=O) groups excluding carboxylic acids is 2. The highest BCUT2D eigenvalue weighted by atomic mass is 32.2. The van der Waals surface area contributed by atoms with Gasteiger partial charge in [-0.25, -0.2) is 0 Å². The number of nitrogens with zero attached hydrogens (tertiary/aromatic N) is 1. The van der Waals surface area contributed by atoms with Gasteiger partial charge in [-0.15, -0.1) is 11.3 Å². The van der Waals surface area contributed by atoms with Gasteiger partial charge in [-0.05, 0) is 41.8 Å². The van der Waals surface area contributed by atoms with Crippen molar-refractivity contribution in [3.05, 3.63) is 51.6 Å². The Morgan fingerprint density at radius 1 is 1.32 bits per heavy atom. The van der Waals surface area contributed by atoms with E-state index >= 15 is 0 Å². The summed E-state index contributed by atoms with van der Waals surface area (Å²) in [5.41, 5.74) is 0.630. The Kier molecular flexibility index (Phi) is 5.52. The van der Waals surface area contributed by atoms with Crippen molar-refractivity contribution in [2.24, 2.45) is 0 Å². The second-order valence-electron chi connectivity index (χ2n) is 5.06. The minimum absolute atomic E-state index is 0.113. The standard InChI is InChI=1S/C17H14N2O3S3/c1-22-12-6-4-11(5-7-12)18-15(20)10-19-16(21)14(25-17(19)23)9-13-3-2-8-24-13/h2-9H,10H2,1H3,(H,18,20). The van der Waals surface area contributed by atoms with Gasteiger partial charge in [0.1, 0.15) is 16.6 Å². The summed E-state index contributed by atoms with van der Waals surface area (Å²) in [6, 6.07) is 10.8. The number of nitrogens with one attached hydrogen (secondary N) is 1. The number of methoxy groups -OCH3 is 1. The Morgan fingerprint density at radius 2 is 2.08 bits per heavy atom. The normalized spacial score (nSPS) is 15.7. The number of rotatable bonds is 5. The molecule has 3 rings (SSSR count). The average Bonchev–Trinajstić information content (AvgIpc) is 3.20. The second-order valence-corrected chi connectivity index (χ2v) is 7.71. The molecule has 1 fully saturated rings. The molecular formula is C17H14N2O3S3. The van der Waals surface area contributed by atoms with Crippen molar-refractivity contribution in [2.75, 3.05) is 19.0 Å². The van der Waals surface area contributed by atoms with Crippen LogP contribution in [0.2, 0.25) is 0 Å². The number of anilines is 1. The first-order valence-corrected chi connectivity index (χ1v) is 9.40. The monoisotopic (exact) mass is 390 g/mol. The van der Waals surface area contributed by atoms with Gasteiger partial charge in [0, 0.05) is 10.6 Å². The molecule has 1 aromatic carbocycles. The van der Waals surface area contributed by atoms with Crippen LogP contribution in [-0.2, 0) is 9.59 Å². The Hall–Kier alpha value is -2.16. The first-order chi connectivity index (χ1) is 12.1. The number of thiophene rings is 1. The van der Waals surface area contributed by atoms with E-state index < -0.39 is 0 Å². The Balaban J connectivity index is 1.64. The minimum Gasteiger partial charge on any atom is -0.497 e. The number of hydrogen-bond donors (Lipinski definition) is 1. The molecule has 1 saturated heterocycles. The van der Waals surface area contributed by atoms with Gasteiger partial charge in [0.05, 0.1) is 12.0 Å². The maximum absolute atomic E-state index is 12.5. The predicted octanol–water partition coefficient (Wildman–Crippen LogP) is 3.60. The lowest BCUT2D eigenvalue weighted by atomic mass is 10.3. The van der Waals surface area contributed by atoms with E-state index in [4.69, 9.17) is 17.0 Å². The molecule has 0 bridgehead atoms. The summed E-state index contributed by atoms with van der Waals surface area (Å²) in [5, 5.41) is 4.69. The average molecular weight is 391 g/mol. The number of carbonyl (C=O) groups is 2. The highest BCUT2D eigenvalue weighted by Gasteiger charge is 2.33. The molecule has 8 heteroatoms. The summed E-state index contributed by atoms with van der Waals surface area (Å²) in [5.74, 6) is 0.153. The van der Waals surface area contributed by atoms with Gasteiger partial charge in [0.2, 0.25) is 5.91 Å². The molecule has 1 aliphatic heterocycles. The topological polar surface area (TPSA) is 58.6 Å². The molecular weight excluding hydrogens is 376 g/mol. The lowest BCUT2D eigenvalue weighted by Crippen LogP contribution is -2.36. The zero-order valence-electron chi connectivity index (χ0n) is 13.2. The molecule has 25 heavy (non-hydrogen) atoms. The van der Waals surface area contributed by atoms with Gasteiger partial charge in [0.15, 0.2) is 0 Å². The summed E-state index contributed by atoms with van der Waals surface area (Å²) in [6.07, 6.45) is 1.80. The van der Waals surface area contributed by atoms with Gasteiger partial charge in [-0.1, -0.05) is 30.0 Å². The largest absolute Gasteiger partial charge is 0.497 e. The zero-order valence-corrected chi connectivity index (χ0v) is 15.7. The minimum atomic E-state index is -0.307. The van der Waals surface area contributed by atoms with Gasteiger partial charge in [-0.2, -0.15) is 0 Å². The molecule has 1 N–H and O–H groups in total. The molecule has 5 nitrogen and oxygen atoms in total. The third-order valence-corrected chi connectivity index (χ3v) is 5.56. The van der Waals surface area contributed by atoms with E-state index in [0.29, 0.717) is 20.7 Å². The van der Waals surface area contributed by atoms with Crippen molar-refractivity contribution in [3.63, 3.8) is 0 Å². The van der Waals surface area contributed by atoms with Gasteiger partial charge >= 0.3 is 0 Å². The SMILES string of the molecule is COc1ccc(NC(=O)CN2C(=O)C(=Cc3cccs3)SC2=S)cc1. The van der Waals surface area contributed by atoms with Crippen LogP contribution in [0.3, 0.4) is 0 Å². The summed E-state index contributed by atoms with van der Waals surface area (Å²) in [4.78, 5) is 27.5. The number of ether oxygens (including phenoxy) is 1. The van der Waals surface area contributed by atoms with Crippen molar-refractivity contribution in [3.8, 4) is 5.75 Å².